The first-order valence-corrected chi connectivity index (χ1v) is 12.5. The van der Waals surface area contributed by atoms with Crippen LogP contribution in [-0.4, -0.2) is 51.5 Å². The molecular weight excluding hydrogens is 438 g/mol. The van der Waals surface area contributed by atoms with E-state index in [2.05, 4.69) is 15.5 Å². The van der Waals surface area contributed by atoms with Crippen molar-refractivity contribution in [2.45, 2.75) is 68.2 Å². The Kier molecular flexibility index (Phi) is 5.13. The molecule has 0 radical (unpaired) electrons. The second kappa shape index (κ2) is 7.97. The van der Waals surface area contributed by atoms with Gasteiger partial charge in [-0.05, 0) is 87.0 Å². The van der Waals surface area contributed by atoms with Crippen LogP contribution in [0.3, 0.4) is 0 Å². The van der Waals surface area contributed by atoms with Crippen LogP contribution in [0.1, 0.15) is 68.5 Å². The highest BCUT2D eigenvalue weighted by Crippen LogP contribution is 2.57. The lowest BCUT2D eigenvalue weighted by Crippen LogP contribution is -2.55. The number of benzene rings is 1. The number of amides is 2. The SMILES string of the molecule is O=C(NC1(CO)CC1)N1CCC[C@H]([C@]23CC[C@H](CC2)c2cc(-c4c(F)cccc4F)nnc23)C1. The molecule has 0 spiro atoms. The van der Waals surface area contributed by atoms with E-state index in [4.69, 9.17) is 0 Å². The van der Waals surface area contributed by atoms with Crippen molar-refractivity contribution in [2.24, 2.45) is 5.92 Å². The van der Waals surface area contributed by atoms with Gasteiger partial charge in [0.05, 0.1) is 29.1 Å². The van der Waals surface area contributed by atoms with E-state index in [-0.39, 0.29) is 35.2 Å². The zero-order valence-electron chi connectivity index (χ0n) is 19.2. The van der Waals surface area contributed by atoms with E-state index >= 15 is 0 Å². The molecule has 2 saturated carbocycles. The van der Waals surface area contributed by atoms with Crippen molar-refractivity contribution in [3.8, 4) is 11.3 Å². The van der Waals surface area contributed by atoms with E-state index < -0.39 is 17.2 Å². The second-order valence-electron chi connectivity index (χ2n) is 10.7. The van der Waals surface area contributed by atoms with E-state index in [9.17, 15) is 18.7 Å². The normalized spacial score (nSPS) is 29.0. The summed E-state index contributed by atoms with van der Waals surface area (Å²) in [6.07, 6.45) is 7.65. The minimum Gasteiger partial charge on any atom is -0.394 e. The first-order chi connectivity index (χ1) is 16.4. The van der Waals surface area contributed by atoms with Gasteiger partial charge in [-0.15, -0.1) is 0 Å². The summed E-state index contributed by atoms with van der Waals surface area (Å²) < 4.78 is 28.8. The van der Waals surface area contributed by atoms with Crippen LogP contribution in [-0.2, 0) is 5.41 Å². The van der Waals surface area contributed by atoms with Gasteiger partial charge in [-0.3, -0.25) is 0 Å². The van der Waals surface area contributed by atoms with Crippen LogP contribution in [0.25, 0.3) is 11.3 Å². The van der Waals surface area contributed by atoms with E-state index in [1.807, 2.05) is 11.0 Å². The second-order valence-corrected chi connectivity index (χ2v) is 10.7. The number of aliphatic hydroxyl groups excluding tert-OH is 1. The molecule has 6 nitrogen and oxygen atoms in total. The minimum atomic E-state index is -0.629. The maximum absolute atomic E-state index is 14.4. The Morgan fingerprint density at radius 2 is 1.85 bits per heavy atom. The van der Waals surface area contributed by atoms with Crippen LogP contribution in [0.2, 0.25) is 0 Å². The topological polar surface area (TPSA) is 78.4 Å². The molecule has 2 aromatic rings. The number of hydrogen-bond acceptors (Lipinski definition) is 4. The molecule has 0 unspecified atom stereocenters. The van der Waals surface area contributed by atoms with E-state index in [0.717, 1.165) is 62.6 Å². The lowest BCUT2D eigenvalue weighted by molar-refractivity contribution is 0.0787. The molecule has 8 heteroatoms. The van der Waals surface area contributed by atoms with Crippen LogP contribution in [0.5, 0.6) is 0 Å². The number of halogens is 2. The maximum Gasteiger partial charge on any atom is 0.317 e. The van der Waals surface area contributed by atoms with Gasteiger partial charge in [0.2, 0.25) is 0 Å². The monoisotopic (exact) mass is 468 g/mol. The molecule has 180 valence electrons. The molecule has 1 aromatic carbocycles. The summed E-state index contributed by atoms with van der Waals surface area (Å²) in [5, 5.41) is 21.6. The zero-order chi connectivity index (χ0) is 23.5. The first kappa shape index (κ1) is 21.9. The van der Waals surface area contributed by atoms with Crippen molar-refractivity contribution in [3.63, 3.8) is 0 Å². The molecule has 34 heavy (non-hydrogen) atoms. The zero-order valence-corrected chi connectivity index (χ0v) is 19.2. The Balaban J connectivity index is 1.30. The summed E-state index contributed by atoms with van der Waals surface area (Å²) in [5.41, 5.74) is 1.59. The van der Waals surface area contributed by atoms with Gasteiger partial charge < -0.3 is 15.3 Å². The molecule has 2 bridgehead atoms. The molecule has 1 saturated heterocycles. The van der Waals surface area contributed by atoms with Gasteiger partial charge in [0.25, 0.3) is 0 Å². The van der Waals surface area contributed by atoms with Crippen molar-refractivity contribution >= 4 is 6.03 Å². The number of piperidine rings is 1. The molecule has 5 aliphatic rings. The Morgan fingerprint density at radius 3 is 2.53 bits per heavy atom. The number of likely N-dealkylation sites (tertiary alicyclic amines) is 1. The molecule has 4 aliphatic carbocycles. The van der Waals surface area contributed by atoms with Crippen LogP contribution in [0.4, 0.5) is 13.6 Å². The fraction of sp³-hybridized carbons (Fsp3) is 0.577. The number of aromatic nitrogens is 2. The van der Waals surface area contributed by atoms with Crippen LogP contribution in [0, 0.1) is 17.6 Å². The standard InChI is InChI=1S/C26H30F2N4O2/c27-19-4-1-5-20(28)22(19)21-13-18-16-6-8-26(9-7-16,23(18)31-30-21)17-3-2-12-32(14-17)24(34)29-25(15-33)10-11-25/h1,4-5,13,16-17,33H,2-3,6-12,14-15H2,(H,29,34)/t16-,17-,26+/m0/s1. The van der Waals surface area contributed by atoms with Crippen molar-refractivity contribution in [3.05, 3.63) is 47.2 Å². The number of fused-ring (bicyclic) bond motifs is 2. The fourth-order valence-corrected chi connectivity index (χ4v) is 6.64. The van der Waals surface area contributed by atoms with Gasteiger partial charge in [0.1, 0.15) is 11.6 Å². The highest BCUT2D eigenvalue weighted by atomic mass is 19.1. The first-order valence-electron chi connectivity index (χ1n) is 12.5. The number of carbonyl (C=O) groups excluding carboxylic acids is 1. The number of urea groups is 1. The summed E-state index contributed by atoms with van der Waals surface area (Å²) >= 11 is 0. The molecule has 1 aromatic heterocycles. The van der Waals surface area contributed by atoms with Gasteiger partial charge in [-0.2, -0.15) is 10.2 Å². The summed E-state index contributed by atoms with van der Waals surface area (Å²) in [6.45, 7) is 1.35. The van der Waals surface area contributed by atoms with Crippen LogP contribution >= 0.6 is 0 Å². The highest BCUT2D eigenvalue weighted by molar-refractivity contribution is 5.75. The van der Waals surface area contributed by atoms with Crippen molar-refractivity contribution in [1.82, 2.24) is 20.4 Å². The lowest BCUT2D eigenvalue weighted by atomic mass is 9.54. The predicted molar refractivity (Wildman–Crippen MR) is 122 cm³/mol. The van der Waals surface area contributed by atoms with E-state index in [0.29, 0.717) is 19.0 Å². The number of nitrogens with zero attached hydrogens (tertiary/aromatic N) is 3. The number of aliphatic hydroxyl groups is 1. The van der Waals surface area contributed by atoms with Crippen LogP contribution < -0.4 is 5.32 Å². The maximum atomic E-state index is 14.4. The van der Waals surface area contributed by atoms with E-state index in [1.165, 1.54) is 18.2 Å². The summed E-state index contributed by atoms with van der Waals surface area (Å²) in [4.78, 5) is 14.9. The summed E-state index contributed by atoms with van der Waals surface area (Å²) in [7, 11) is 0. The Labute approximate surface area is 197 Å². The predicted octanol–water partition coefficient (Wildman–Crippen LogP) is 4.28. The number of hydrogen-bond donors (Lipinski definition) is 2. The van der Waals surface area contributed by atoms with Gasteiger partial charge in [-0.1, -0.05) is 6.07 Å². The molecule has 1 aliphatic heterocycles. The lowest BCUT2D eigenvalue weighted by Gasteiger charge is -2.53. The van der Waals surface area contributed by atoms with Crippen molar-refractivity contribution in [2.75, 3.05) is 19.7 Å². The highest BCUT2D eigenvalue weighted by Gasteiger charge is 2.52. The molecule has 3 fully saturated rings. The van der Waals surface area contributed by atoms with E-state index in [1.54, 1.807) is 0 Å². The average molecular weight is 469 g/mol. The third-order valence-corrected chi connectivity index (χ3v) is 8.85. The van der Waals surface area contributed by atoms with Crippen molar-refractivity contribution in [1.29, 1.82) is 0 Å². The van der Waals surface area contributed by atoms with Gasteiger partial charge >= 0.3 is 6.03 Å². The third kappa shape index (κ3) is 3.41. The van der Waals surface area contributed by atoms with Gasteiger partial charge in [-0.25, -0.2) is 13.6 Å². The molecule has 2 amide bonds. The molecule has 7 rings (SSSR count). The molecule has 2 N–H and O–H groups in total. The third-order valence-electron chi connectivity index (χ3n) is 8.85. The quantitative estimate of drug-likeness (QED) is 0.702. The average Bonchev–Trinajstić information content (AvgIpc) is 3.64. The fourth-order valence-electron chi connectivity index (χ4n) is 6.64. The number of rotatable bonds is 4. The Hall–Kier alpha value is -2.61. The largest absolute Gasteiger partial charge is 0.394 e. The van der Waals surface area contributed by atoms with Crippen LogP contribution in [0.15, 0.2) is 24.3 Å². The number of nitrogens with one attached hydrogen (secondary N) is 1. The smallest absolute Gasteiger partial charge is 0.317 e. The van der Waals surface area contributed by atoms with Gasteiger partial charge in [0, 0.05) is 18.5 Å². The molecule has 1 atom stereocenters. The van der Waals surface area contributed by atoms with Gasteiger partial charge in [0.15, 0.2) is 0 Å². The summed E-state index contributed by atoms with van der Waals surface area (Å²) in [5.74, 6) is -0.657. The Bertz CT molecular complexity index is 1110. The number of carbonyl (C=O) groups is 1. The Morgan fingerprint density at radius 1 is 1.12 bits per heavy atom. The molecular formula is C26H30F2N4O2. The minimum absolute atomic E-state index is 0.0186. The molecule has 2 heterocycles. The summed E-state index contributed by atoms with van der Waals surface area (Å²) in [6, 6.07) is 5.61. The van der Waals surface area contributed by atoms with Crippen molar-refractivity contribution < 1.29 is 18.7 Å².